The number of aliphatic hydroxyl groups excluding tert-OH is 1. The number of aromatic nitrogens is 2. The van der Waals surface area contributed by atoms with E-state index in [4.69, 9.17) is 5.73 Å². The normalized spacial score (nSPS) is 15.9. The summed E-state index contributed by atoms with van der Waals surface area (Å²) in [5, 5.41) is 26.0. The van der Waals surface area contributed by atoms with Crippen LogP contribution in [0.2, 0.25) is 0 Å². The standard InChI is InChI=1S/C18H30N6O6/c1-4-9(2)14(18(29)30)23-13(26)7-21-17(28)15(10(3)25)24-16(27)12(19)5-11-6-20-8-22-11/h6,8-10,12,14-15,25H,4-5,7,19H2,1-3H3,(H,20,22)(H,21,28)(H,23,26)(H,24,27)(H,29,30). The number of imidazole rings is 1. The fourth-order valence-corrected chi connectivity index (χ4v) is 2.58. The van der Waals surface area contributed by atoms with E-state index in [1.54, 1.807) is 13.8 Å². The van der Waals surface area contributed by atoms with Crippen LogP contribution >= 0.6 is 0 Å². The minimum atomic E-state index is -1.34. The SMILES string of the molecule is CCC(C)C(NC(=O)CNC(=O)C(NC(=O)C(N)Cc1cnc[nH]1)C(C)O)C(=O)O. The minimum Gasteiger partial charge on any atom is -0.480 e. The average molecular weight is 426 g/mol. The number of carbonyl (C=O) groups is 4. The van der Waals surface area contributed by atoms with Crippen molar-refractivity contribution in [3.8, 4) is 0 Å². The first-order valence-electron chi connectivity index (χ1n) is 9.57. The molecule has 0 aliphatic heterocycles. The summed E-state index contributed by atoms with van der Waals surface area (Å²) in [6, 6.07) is -3.43. The molecule has 0 aromatic carbocycles. The number of amides is 3. The molecule has 12 nitrogen and oxygen atoms in total. The van der Waals surface area contributed by atoms with E-state index >= 15 is 0 Å². The summed E-state index contributed by atoms with van der Waals surface area (Å²) in [4.78, 5) is 54.5. The van der Waals surface area contributed by atoms with Crippen molar-refractivity contribution in [3.05, 3.63) is 18.2 Å². The number of aromatic amines is 1. The molecule has 0 saturated heterocycles. The molecule has 12 heteroatoms. The zero-order valence-electron chi connectivity index (χ0n) is 17.2. The molecule has 0 bridgehead atoms. The highest BCUT2D eigenvalue weighted by molar-refractivity contribution is 5.93. The van der Waals surface area contributed by atoms with Crippen molar-refractivity contribution in [2.24, 2.45) is 11.7 Å². The van der Waals surface area contributed by atoms with E-state index in [9.17, 15) is 29.4 Å². The monoisotopic (exact) mass is 426 g/mol. The second-order valence-electron chi connectivity index (χ2n) is 7.10. The molecule has 1 heterocycles. The molecular weight excluding hydrogens is 396 g/mol. The topological polar surface area (TPSA) is 200 Å². The number of nitrogens with zero attached hydrogens (tertiary/aromatic N) is 1. The van der Waals surface area contributed by atoms with E-state index in [1.807, 2.05) is 0 Å². The van der Waals surface area contributed by atoms with Crippen LogP contribution in [0.15, 0.2) is 12.5 Å². The third-order valence-corrected chi connectivity index (χ3v) is 4.61. The fraction of sp³-hybridized carbons (Fsp3) is 0.611. The first-order valence-corrected chi connectivity index (χ1v) is 9.57. The predicted octanol–water partition coefficient (Wildman–Crippen LogP) is -2.12. The molecule has 5 atom stereocenters. The van der Waals surface area contributed by atoms with Crippen LogP contribution in [0, 0.1) is 5.92 Å². The van der Waals surface area contributed by atoms with Gasteiger partial charge in [-0.1, -0.05) is 20.3 Å². The van der Waals surface area contributed by atoms with Gasteiger partial charge in [0, 0.05) is 18.3 Å². The Hall–Kier alpha value is -2.99. The molecule has 0 radical (unpaired) electrons. The van der Waals surface area contributed by atoms with Gasteiger partial charge in [-0.3, -0.25) is 14.4 Å². The van der Waals surface area contributed by atoms with Crippen LogP contribution in [0.25, 0.3) is 0 Å². The van der Waals surface area contributed by atoms with Crippen LogP contribution < -0.4 is 21.7 Å². The molecule has 168 valence electrons. The van der Waals surface area contributed by atoms with Gasteiger partial charge in [-0.05, 0) is 12.8 Å². The van der Waals surface area contributed by atoms with Crippen molar-refractivity contribution in [2.75, 3.05) is 6.54 Å². The number of carbonyl (C=O) groups excluding carboxylic acids is 3. The second kappa shape index (κ2) is 11.9. The number of nitrogens with two attached hydrogens (primary N) is 1. The lowest BCUT2D eigenvalue weighted by atomic mass is 9.99. The van der Waals surface area contributed by atoms with Crippen LogP contribution in [0.3, 0.4) is 0 Å². The summed E-state index contributed by atoms with van der Waals surface area (Å²) in [6.45, 7) is 4.26. The van der Waals surface area contributed by atoms with Crippen LogP contribution in [-0.2, 0) is 25.6 Å². The van der Waals surface area contributed by atoms with E-state index in [1.165, 1.54) is 19.4 Å². The summed E-state index contributed by atoms with van der Waals surface area (Å²) < 4.78 is 0. The Labute approximate surface area is 174 Å². The summed E-state index contributed by atoms with van der Waals surface area (Å²) in [7, 11) is 0. The Morgan fingerprint density at radius 1 is 1.17 bits per heavy atom. The van der Waals surface area contributed by atoms with Crippen LogP contribution in [0.1, 0.15) is 32.9 Å². The largest absolute Gasteiger partial charge is 0.480 e. The average Bonchev–Trinajstić information content (AvgIpc) is 3.19. The van der Waals surface area contributed by atoms with Crippen molar-refractivity contribution in [1.29, 1.82) is 0 Å². The van der Waals surface area contributed by atoms with Gasteiger partial charge in [0.15, 0.2) is 0 Å². The maximum absolute atomic E-state index is 12.3. The highest BCUT2D eigenvalue weighted by atomic mass is 16.4. The lowest BCUT2D eigenvalue weighted by Crippen LogP contribution is -2.57. The number of nitrogens with one attached hydrogen (secondary N) is 4. The van der Waals surface area contributed by atoms with E-state index in [2.05, 4.69) is 25.9 Å². The van der Waals surface area contributed by atoms with Gasteiger partial charge in [0.05, 0.1) is 25.0 Å². The van der Waals surface area contributed by atoms with Crippen molar-refractivity contribution in [2.45, 2.75) is 57.8 Å². The Morgan fingerprint density at radius 2 is 1.83 bits per heavy atom. The third kappa shape index (κ3) is 7.79. The molecule has 0 fully saturated rings. The molecule has 30 heavy (non-hydrogen) atoms. The van der Waals surface area contributed by atoms with Crippen LogP contribution in [-0.4, -0.2) is 74.6 Å². The maximum atomic E-state index is 12.3. The van der Waals surface area contributed by atoms with E-state index in [0.717, 1.165) is 0 Å². The maximum Gasteiger partial charge on any atom is 0.326 e. The predicted molar refractivity (Wildman–Crippen MR) is 106 cm³/mol. The van der Waals surface area contributed by atoms with Crippen molar-refractivity contribution in [1.82, 2.24) is 25.9 Å². The molecule has 0 aliphatic rings. The lowest BCUT2D eigenvalue weighted by Gasteiger charge is -2.23. The van der Waals surface area contributed by atoms with Gasteiger partial charge >= 0.3 is 5.97 Å². The zero-order valence-corrected chi connectivity index (χ0v) is 17.2. The van der Waals surface area contributed by atoms with Gasteiger partial charge < -0.3 is 36.9 Å². The molecule has 0 spiro atoms. The molecule has 1 aromatic heterocycles. The summed E-state index contributed by atoms with van der Waals surface area (Å²) in [5.74, 6) is -3.66. The highest BCUT2D eigenvalue weighted by Gasteiger charge is 2.29. The van der Waals surface area contributed by atoms with Crippen LogP contribution in [0.5, 0.6) is 0 Å². The van der Waals surface area contributed by atoms with Gasteiger partial charge in [-0.25, -0.2) is 9.78 Å². The Bertz CT molecular complexity index is 723. The number of rotatable bonds is 12. The molecule has 1 rings (SSSR count). The number of carboxylic acids is 1. The Kier molecular flexibility index (Phi) is 9.92. The first-order chi connectivity index (χ1) is 14.1. The zero-order chi connectivity index (χ0) is 22.8. The number of aliphatic hydroxyl groups is 1. The third-order valence-electron chi connectivity index (χ3n) is 4.61. The Morgan fingerprint density at radius 3 is 2.33 bits per heavy atom. The number of hydrogen-bond acceptors (Lipinski definition) is 7. The molecule has 5 unspecified atom stereocenters. The van der Waals surface area contributed by atoms with Crippen molar-refractivity contribution < 1.29 is 29.4 Å². The molecule has 0 aliphatic carbocycles. The van der Waals surface area contributed by atoms with Crippen molar-refractivity contribution in [3.63, 3.8) is 0 Å². The number of carboxylic acid groups (broad SMARTS) is 1. The summed E-state index contributed by atoms with van der Waals surface area (Å²) in [5.41, 5.74) is 6.44. The number of H-pyrrole nitrogens is 1. The first kappa shape index (κ1) is 25.0. The second-order valence-corrected chi connectivity index (χ2v) is 7.10. The summed E-state index contributed by atoms with van der Waals surface area (Å²) in [6.07, 6.45) is 2.37. The Balaban J connectivity index is 2.61. The number of hydrogen-bond donors (Lipinski definition) is 7. The van der Waals surface area contributed by atoms with E-state index in [0.29, 0.717) is 12.1 Å². The molecule has 3 amide bonds. The summed E-state index contributed by atoms with van der Waals surface area (Å²) >= 11 is 0. The van der Waals surface area contributed by atoms with Gasteiger partial charge in [-0.15, -0.1) is 0 Å². The number of aliphatic carboxylic acids is 1. The fourth-order valence-electron chi connectivity index (χ4n) is 2.58. The van der Waals surface area contributed by atoms with E-state index in [-0.39, 0.29) is 12.3 Å². The van der Waals surface area contributed by atoms with Crippen molar-refractivity contribution >= 4 is 23.7 Å². The van der Waals surface area contributed by atoms with Gasteiger partial charge in [0.1, 0.15) is 12.1 Å². The minimum absolute atomic E-state index is 0.147. The van der Waals surface area contributed by atoms with Gasteiger partial charge in [0.25, 0.3) is 0 Å². The van der Waals surface area contributed by atoms with Crippen LogP contribution in [0.4, 0.5) is 0 Å². The highest BCUT2D eigenvalue weighted by Crippen LogP contribution is 2.07. The van der Waals surface area contributed by atoms with Gasteiger partial charge in [-0.2, -0.15) is 0 Å². The van der Waals surface area contributed by atoms with Gasteiger partial charge in [0.2, 0.25) is 17.7 Å². The quantitative estimate of drug-likeness (QED) is 0.196. The lowest BCUT2D eigenvalue weighted by molar-refractivity contribution is -0.143. The molecule has 8 N–H and O–H groups in total. The molecule has 1 aromatic rings. The smallest absolute Gasteiger partial charge is 0.326 e. The van der Waals surface area contributed by atoms with E-state index < -0.39 is 54.5 Å². The molecular formula is C18H30N6O6. The molecule has 0 saturated carbocycles.